The van der Waals surface area contributed by atoms with E-state index in [1.807, 2.05) is 0 Å². The van der Waals surface area contributed by atoms with E-state index in [2.05, 4.69) is 11.9 Å². The van der Waals surface area contributed by atoms with E-state index in [1.54, 1.807) is 6.08 Å². The molecular formula is C10H17NO3. The monoisotopic (exact) mass is 199 g/mol. The predicted molar refractivity (Wildman–Crippen MR) is 53.2 cm³/mol. The number of hydrogen-bond acceptors (Lipinski definition) is 3. The molecular weight excluding hydrogens is 182 g/mol. The molecule has 0 amide bonds. The first kappa shape index (κ1) is 11.2. The van der Waals surface area contributed by atoms with Gasteiger partial charge in [0.2, 0.25) is 0 Å². The van der Waals surface area contributed by atoms with Gasteiger partial charge < -0.3 is 9.84 Å². The molecule has 14 heavy (non-hydrogen) atoms. The number of aliphatic carboxylic acids is 1. The van der Waals surface area contributed by atoms with Crippen LogP contribution in [0.2, 0.25) is 0 Å². The summed E-state index contributed by atoms with van der Waals surface area (Å²) in [5.41, 5.74) is -0.815. The summed E-state index contributed by atoms with van der Waals surface area (Å²) in [5, 5.41) is 12.2. The maximum absolute atomic E-state index is 11.2. The van der Waals surface area contributed by atoms with Crippen molar-refractivity contribution >= 4 is 5.97 Å². The smallest absolute Gasteiger partial charge is 0.323 e. The van der Waals surface area contributed by atoms with Crippen molar-refractivity contribution in [2.24, 2.45) is 0 Å². The maximum atomic E-state index is 11.2. The fourth-order valence-electron chi connectivity index (χ4n) is 1.68. The van der Waals surface area contributed by atoms with Gasteiger partial charge in [-0.1, -0.05) is 6.08 Å². The zero-order valence-electron chi connectivity index (χ0n) is 8.29. The minimum absolute atomic E-state index is 0.510. The van der Waals surface area contributed by atoms with Gasteiger partial charge in [0, 0.05) is 19.8 Å². The molecule has 1 atom stereocenters. The molecule has 4 heteroatoms. The van der Waals surface area contributed by atoms with Gasteiger partial charge in [-0.15, -0.1) is 6.58 Å². The minimum atomic E-state index is -0.815. The molecule has 1 rings (SSSR count). The Kier molecular flexibility index (Phi) is 4.10. The summed E-state index contributed by atoms with van der Waals surface area (Å²) in [6, 6.07) is 0. The summed E-state index contributed by atoms with van der Waals surface area (Å²) in [4.78, 5) is 11.2. The van der Waals surface area contributed by atoms with Gasteiger partial charge in [-0.2, -0.15) is 0 Å². The van der Waals surface area contributed by atoms with Crippen LogP contribution in [0.3, 0.4) is 0 Å². The van der Waals surface area contributed by atoms with Gasteiger partial charge in [0.1, 0.15) is 5.54 Å². The van der Waals surface area contributed by atoms with E-state index in [-0.39, 0.29) is 0 Å². The zero-order valence-corrected chi connectivity index (χ0v) is 8.29. The average Bonchev–Trinajstić information content (AvgIpc) is 2.41. The summed E-state index contributed by atoms with van der Waals surface area (Å²) >= 11 is 0. The lowest BCUT2D eigenvalue weighted by Crippen LogP contribution is -2.52. The van der Waals surface area contributed by atoms with E-state index in [0.717, 1.165) is 6.42 Å². The van der Waals surface area contributed by atoms with Crippen LogP contribution < -0.4 is 5.32 Å². The quantitative estimate of drug-likeness (QED) is 0.657. The molecule has 1 fully saturated rings. The SMILES string of the molecule is C=CCNC1(C(=O)O)CCCOCC1. The number of carboxylic acids is 1. The Morgan fingerprint density at radius 3 is 3.00 bits per heavy atom. The average molecular weight is 199 g/mol. The number of carboxylic acid groups (broad SMARTS) is 1. The number of carbonyl (C=O) groups is 1. The zero-order chi connectivity index (χ0) is 10.4. The predicted octanol–water partition coefficient (Wildman–Crippen LogP) is 0.786. The van der Waals surface area contributed by atoms with Crippen LogP contribution in [0.5, 0.6) is 0 Å². The van der Waals surface area contributed by atoms with Gasteiger partial charge in [0.15, 0.2) is 0 Å². The van der Waals surface area contributed by atoms with Crippen LogP contribution in [-0.4, -0.2) is 36.4 Å². The third kappa shape index (κ3) is 2.56. The van der Waals surface area contributed by atoms with Crippen LogP contribution in [-0.2, 0) is 9.53 Å². The summed E-state index contributed by atoms with van der Waals surface area (Å²) in [6.45, 7) is 5.26. The van der Waals surface area contributed by atoms with Gasteiger partial charge in [-0.25, -0.2) is 0 Å². The molecule has 1 saturated heterocycles. The first-order chi connectivity index (χ1) is 6.71. The van der Waals surface area contributed by atoms with Crippen molar-refractivity contribution in [2.75, 3.05) is 19.8 Å². The van der Waals surface area contributed by atoms with E-state index in [0.29, 0.717) is 32.6 Å². The molecule has 0 aliphatic carbocycles. The summed E-state index contributed by atoms with van der Waals surface area (Å²) in [5.74, 6) is -0.787. The first-order valence-corrected chi connectivity index (χ1v) is 4.88. The topological polar surface area (TPSA) is 58.6 Å². The van der Waals surface area contributed by atoms with Crippen LogP contribution in [0, 0.1) is 0 Å². The molecule has 1 heterocycles. The number of nitrogens with one attached hydrogen (secondary N) is 1. The molecule has 0 spiro atoms. The Labute approximate surface area is 83.9 Å². The Morgan fingerprint density at radius 2 is 2.36 bits per heavy atom. The Hall–Kier alpha value is -0.870. The highest BCUT2D eigenvalue weighted by Crippen LogP contribution is 2.21. The molecule has 1 unspecified atom stereocenters. The summed E-state index contributed by atoms with van der Waals surface area (Å²) in [7, 11) is 0. The van der Waals surface area contributed by atoms with Crippen LogP contribution in [0.4, 0.5) is 0 Å². The van der Waals surface area contributed by atoms with Crippen molar-refractivity contribution in [1.29, 1.82) is 0 Å². The second kappa shape index (κ2) is 5.12. The summed E-state index contributed by atoms with van der Waals surface area (Å²) in [6.07, 6.45) is 3.61. The highest BCUT2D eigenvalue weighted by molar-refractivity contribution is 5.78. The third-order valence-electron chi connectivity index (χ3n) is 2.56. The first-order valence-electron chi connectivity index (χ1n) is 4.88. The van der Waals surface area contributed by atoms with Crippen LogP contribution in [0.1, 0.15) is 19.3 Å². The molecule has 1 aliphatic rings. The van der Waals surface area contributed by atoms with Gasteiger partial charge in [-0.3, -0.25) is 10.1 Å². The van der Waals surface area contributed by atoms with E-state index in [4.69, 9.17) is 4.74 Å². The van der Waals surface area contributed by atoms with Crippen molar-refractivity contribution < 1.29 is 14.6 Å². The fourth-order valence-corrected chi connectivity index (χ4v) is 1.68. The number of rotatable bonds is 4. The van der Waals surface area contributed by atoms with Gasteiger partial charge in [0.25, 0.3) is 0 Å². The lowest BCUT2D eigenvalue weighted by atomic mass is 9.90. The number of ether oxygens (including phenoxy) is 1. The molecule has 0 radical (unpaired) electrons. The highest BCUT2D eigenvalue weighted by Gasteiger charge is 2.37. The van der Waals surface area contributed by atoms with Crippen LogP contribution in [0.25, 0.3) is 0 Å². The lowest BCUT2D eigenvalue weighted by Gasteiger charge is -2.28. The van der Waals surface area contributed by atoms with Crippen molar-refractivity contribution in [3.63, 3.8) is 0 Å². The second-order valence-electron chi connectivity index (χ2n) is 3.52. The van der Waals surface area contributed by atoms with Crippen molar-refractivity contribution in [1.82, 2.24) is 5.32 Å². The lowest BCUT2D eigenvalue weighted by molar-refractivity contribution is -0.145. The standard InChI is InChI=1S/C10H17NO3/c1-2-6-11-10(9(12)13)4-3-7-14-8-5-10/h2,11H,1,3-8H2,(H,12,13). The Morgan fingerprint density at radius 1 is 1.57 bits per heavy atom. The van der Waals surface area contributed by atoms with E-state index >= 15 is 0 Å². The molecule has 0 saturated carbocycles. The van der Waals surface area contributed by atoms with E-state index in [1.165, 1.54) is 0 Å². The highest BCUT2D eigenvalue weighted by atomic mass is 16.5. The molecule has 4 nitrogen and oxygen atoms in total. The van der Waals surface area contributed by atoms with Crippen molar-refractivity contribution in [2.45, 2.75) is 24.8 Å². The Balaban J connectivity index is 2.66. The van der Waals surface area contributed by atoms with Crippen LogP contribution in [0.15, 0.2) is 12.7 Å². The second-order valence-corrected chi connectivity index (χ2v) is 3.52. The van der Waals surface area contributed by atoms with E-state index in [9.17, 15) is 9.90 Å². The molecule has 0 aromatic carbocycles. The molecule has 0 aromatic heterocycles. The molecule has 0 bridgehead atoms. The minimum Gasteiger partial charge on any atom is -0.480 e. The summed E-state index contributed by atoms with van der Waals surface area (Å²) < 4.78 is 5.25. The normalized spacial score (nSPS) is 28.0. The van der Waals surface area contributed by atoms with E-state index < -0.39 is 11.5 Å². The third-order valence-corrected chi connectivity index (χ3v) is 2.56. The largest absolute Gasteiger partial charge is 0.480 e. The molecule has 2 N–H and O–H groups in total. The molecule has 0 aromatic rings. The van der Waals surface area contributed by atoms with Gasteiger partial charge >= 0.3 is 5.97 Å². The maximum Gasteiger partial charge on any atom is 0.323 e. The Bertz CT molecular complexity index is 207. The van der Waals surface area contributed by atoms with Gasteiger partial charge in [0.05, 0.1) is 0 Å². The molecule has 1 aliphatic heterocycles. The number of hydrogen-bond donors (Lipinski definition) is 2. The molecule has 80 valence electrons. The van der Waals surface area contributed by atoms with Gasteiger partial charge in [-0.05, 0) is 19.3 Å². The van der Waals surface area contributed by atoms with Crippen molar-refractivity contribution in [3.05, 3.63) is 12.7 Å². The fraction of sp³-hybridized carbons (Fsp3) is 0.700. The van der Waals surface area contributed by atoms with Crippen LogP contribution >= 0.6 is 0 Å². The van der Waals surface area contributed by atoms with Crippen molar-refractivity contribution in [3.8, 4) is 0 Å².